The number of amides is 7. The Morgan fingerprint density at radius 2 is 0.821 bits per heavy atom. The number of ketones is 3. The van der Waals surface area contributed by atoms with Crippen molar-refractivity contribution >= 4 is 105 Å². The third-order valence-corrected chi connectivity index (χ3v) is 18.3. The molecule has 0 unspecified atom stereocenters. The molecule has 0 radical (unpaired) electrons. The largest absolute Gasteiger partial charge is 0.481 e. The minimum atomic E-state index is -2.21. The normalized spacial score (nSPS) is 16.3. The number of aliphatic carboxylic acids is 4. The van der Waals surface area contributed by atoms with Crippen LogP contribution in [0.2, 0.25) is 0 Å². The summed E-state index contributed by atoms with van der Waals surface area (Å²) < 4.78 is 0. The molecule has 7 amide bonds. The van der Waals surface area contributed by atoms with Crippen LogP contribution < -0.4 is 53.8 Å². The fraction of sp³-hybridized carbons (Fsp3) is 0.629. The second-order valence-electron chi connectivity index (χ2n) is 27.2. The topological polar surface area (TPSA) is 817 Å². The lowest BCUT2D eigenvalue weighted by Gasteiger charge is -2.26. The molecule has 30 N–H and O–H groups in total. The highest BCUT2D eigenvalue weighted by Gasteiger charge is 2.38. The number of nitrogens with one attached hydrogen (secondary N) is 9. The van der Waals surface area contributed by atoms with Crippen LogP contribution in [0.1, 0.15) is 133 Å². The van der Waals surface area contributed by atoms with E-state index in [2.05, 4.69) is 62.5 Å². The van der Waals surface area contributed by atoms with E-state index >= 15 is 0 Å². The molecule has 3 rings (SSSR count). The van der Waals surface area contributed by atoms with Crippen molar-refractivity contribution < 1.29 is 164 Å². The Bertz CT molecular complexity index is 3860. The van der Waals surface area contributed by atoms with Crippen LogP contribution in [0.3, 0.4) is 0 Å². The molecule has 2 heterocycles. The Morgan fingerprint density at radius 1 is 0.453 bits per heavy atom. The number of H-pyrrole nitrogens is 1. The number of benzene rings is 1. The second-order valence-corrected chi connectivity index (χ2v) is 27.2. The lowest BCUT2D eigenvalue weighted by molar-refractivity contribution is -0.143. The van der Waals surface area contributed by atoms with Gasteiger partial charge in [0.2, 0.25) is 41.4 Å². The number of anilines is 2. The fourth-order valence-corrected chi connectivity index (χ4v) is 11.2. The standard InChI is InChI=1S/C69H103N13O34.CH4/c1-2-37(67(113)114)77-64(110)32(6-15-50(96)73-25-44(90)56(103)59(106)47(93)28-84)20-41(87)39(13-18-53(100)101)79-65(111)33(7-16-51(97)74-26-45(91)57(104)60(107)48(94)29-85)21-42(88)38(12-17-52(98)99)78-63(109)31(5-14-49(95)72-24-43(89)55(102)58(105)46(92)27-83)19-36(86)10-11-40(68(115)116)80-62(108)30-3-8-34(9-4-30)71-22-35-23-75-61-54(76-35)66(112)82-69(70)81-61;/h3-4,8-9,23,31-33,37-40,43-48,55-60,71,83-85,89-94,102-107H,2,5-7,10-22,24-29H2,1H3,(H,72,95)(H,73,96)(H,74,97)(H,77,110)(H,78,109)(H,79,111)(H,80,108)(H,98,99)(H,100,101)(H,113,114)(H,115,116)(H3,70,75,81,82,112);1H4/t31-,32-,33-,37-,38-,39-,40+,43+,44+,45+,46-,47-,48-,55-,56-,57-,58-,59-,60-;/m1./s1. The minimum Gasteiger partial charge on any atom is -0.481 e. The maximum Gasteiger partial charge on any atom is 0.326 e. The lowest BCUT2D eigenvalue weighted by Crippen LogP contribution is -2.50. The number of hydrogen-bond donors (Lipinski definition) is 29. The average molecular weight is 1670 g/mol. The first-order chi connectivity index (χ1) is 54.5. The number of nitrogen functional groups attached to an aromatic ring is 1. The number of aliphatic hydroxyl groups is 15. The van der Waals surface area contributed by atoms with E-state index in [1.165, 1.54) is 37.4 Å². The summed E-state index contributed by atoms with van der Waals surface area (Å²) in [4.78, 5) is 215. The molecule has 656 valence electrons. The highest BCUT2D eigenvalue weighted by molar-refractivity contribution is 5.99. The van der Waals surface area contributed by atoms with E-state index in [0.29, 0.717) is 11.4 Å². The Balaban J connectivity index is 0.0000464. The van der Waals surface area contributed by atoms with Crippen molar-refractivity contribution in [1.82, 2.24) is 57.2 Å². The predicted molar refractivity (Wildman–Crippen MR) is 398 cm³/mol. The molecule has 0 bridgehead atoms. The van der Waals surface area contributed by atoms with Crippen molar-refractivity contribution in [3.8, 4) is 0 Å². The van der Waals surface area contributed by atoms with E-state index < -0.39 is 339 Å². The van der Waals surface area contributed by atoms with Gasteiger partial charge in [0.05, 0.1) is 68.7 Å². The summed E-state index contributed by atoms with van der Waals surface area (Å²) >= 11 is 0. The Kier molecular flexibility index (Phi) is 45.3. The van der Waals surface area contributed by atoms with Gasteiger partial charge in [-0.15, -0.1) is 0 Å². The molecule has 0 spiro atoms. The maximum atomic E-state index is 14.8. The molecule has 0 aliphatic carbocycles. The highest BCUT2D eigenvalue weighted by atomic mass is 16.4. The smallest absolute Gasteiger partial charge is 0.326 e. The van der Waals surface area contributed by atoms with Crippen LogP contribution in [0.25, 0.3) is 11.2 Å². The average Bonchev–Trinajstić information content (AvgIpc) is 0.804. The number of rotatable bonds is 58. The molecule has 0 aliphatic heterocycles. The van der Waals surface area contributed by atoms with Gasteiger partial charge in [-0.05, 0) is 69.2 Å². The summed E-state index contributed by atoms with van der Waals surface area (Å²) in [5.74, 6) is -23.5. The number of carboxylic acids is 4. The molecule has 47 heteroatoms. The molecule has 0 fully saturated rings. The second kappa shape index (κ2) is 51.6. The van der Waals surface area contributed by atoms with Crippen LogP contribution in [0, 0.1) is 17.8 Å². The summed E-state index contributed by atoms with van der Waals surface area (Å²) in [5.41, 5.74) is 5.43. The van der Waals surface area contributed by atoms with Gasteiger partial charge >= 0.3 is 23.9 Å². The number of nitrogens with two attached hydrogens (primary N) is 1. The summed E-state index contributed by atoms with van der Waals surface area (Å²) in [7, 11) is 0. The van der Waals surface area contributed by atoms with Gasteiger partial charge in [0.1, 0.15) is 72.8 Å². The monoisotopic (exact) mass is 1670 g/mol. The summed E-state index contributed by atoms with van der Waals surface area (Å²) in [6.07, 6.45) is -36.6. The Labute approximate surface area is 665 Å². The first-order valence-corrected chi connectivity index (χ1v) is 36.4. The van der Waals surface area contributed by atoms with Crippen molar-refractivity contribution in [3.63, 3.8) is 0 Å². The first-order valence-electron chi connectivity index (χ1n) is 36.4. The summed E-state index contributed by atoms with van der Waals surface area (Å²) in [5, 5.41) is 207. The van der Waals surface area contributed by atoms with E-state index in [-0.39, 0.29) is 43.1 Å². The van der Waals surface area contributed by atoms with Crippen LogP contribution in [0.5, 0.6) is 0 Å². The van der Waals surface area contributed by atoms with E-state index in [4.69, 9.17) is 10.8 Å². The van der Waals surface area contributed by atoms with Gasteiger partial charge in [0, 0.05) is 106 Å². The van der Waals surface area contributed by atoms with Gasteiger partial charge in [0.25, 0.3) is 11.5 Å². The molecular formula is C70H107N13O34. The number of fused-ring (bicyclic) bond motifs is 1. The number of nitrogens with zero attached hydrogens (tertiary/aromatic N) is 3. The molecule has 0 saturated carbocycles. The maximum absolute atomic E-state index is 14.8. The van der Waals surface area contributed by atoms with Gasteiger partial charge in [-0.3, -0.25) is 67.3 Å². The van der Waals surface area contributed by atoms with E-state index in [9.17, 15) is 164 Å². The van der Waals surface area contributed by atoms with Crippen molar-refractivity contribution in [2.24, 2.45) is 17.8 Å². The third-order valence-electron chi connectivity index (χ3n) is 18.3. The minimum absolute atomic E-state index is 0. The molecule has 47 nitrogen and oxygen atoms in total. The molecule has 117 heavy (non-hydrogen) atoms. The SMILES string of the molecule is C.CC[C@@H](NC(=O)[C@H](CCC(=O)NC[C@H](O)[C@@H](O)[C@H](O)[C@H](O)CO)CC(=O)[C@@H](CCC(=O)O)NC(=O)[C@H](CCC(=O)NC[C@H](O)[C@@H](O)[C@H](O)[C@H](O)CO)CC(=O)[C@@H](CCC(=O)O)NC(=O)[C@H](CCC(=O)NC[C@H](O)[C@@H](O)[C@H](O)[C@H](O)CO)CC(=O)CC[C@H](NC(=O)c1ccc(NCc2cnc3nc(N)[nH]c(=O)c3n2)cc1)C(=O)O)C(=O)O. The molecular weight excluding hydrogens is 1570 g/mol. The van der Waals surface area contributed by atoms with Crippen molar-refractivity contribution in [2.75, 3.05) is 50.5 Å². The zero-order valence-electron chi connectivity index (χ0n) is 62.7. The number of carboxylic acid groups (broad SMARTS) is 4. The fourth-order valence-electron chi connectivity index (χ4n) is 11.2. The van der Waals surface area contributed by atoms with E-state index in [1.807, 2.05) is 0 Å². The lowest BCUT2D eigenvalue weighted by atomic mass is 9.89. The number of aromatic amines is 1. The zero-order chi connectivity index (χ0) is 87.4. The van der Waals surface area contributed by atoms with E-state index in [0.717, 1.165) is 0 Å². The van der Waals surface area contributed by atoms with Crippen LogP contribution in [0.15, 0.2) is 35.3 Å². The van der Waals surface area contributed by atoms with Crippen LogP contribution >= 0.6 is 0 Å². The quantitative estimate of drug-likeness (QED) is 0.0249. The van der Waals surface area contributed by atoms with Crippen molar-refractivity contribution in [2.45, 2.75) is 221 Å². The Hall–Kier alpha value is -10.4. The summed E-state index contributed by atoms with van der Waals surface area (Å²) in [6.45, 7) is -4.45. The Morgan fingerprint density at radius 3 is 1.19 bits per heavy atom. The van der Waals surface area contributed by atoms with Gasteiger partial charge in [0.15, 0.2) is 22.7 Å². The number of aliphatic hydroxyl groups excluding tert-OH is 15. The molecule has 3 aromatic rings. The molecule has 0 saturated heterocycles. The molecule has 1 aromatic carbocycles. The number of aromatic nitrogens is 4. The number of hydrogen-bond acceptors (Lipinski definition) is 35. The third kappa shape index (κ3) is 35.5. The van der Waals surface area contributed by atoms with Crippen LogP contribution in [-0.2, 0) is 68.9 Å². The number of carbonyl (C=O) groups is 14. The highest BCUT2D eigenvalue weighted by Crippen LogP contribution is 2.23. The van der Waals surface area contributed by atoms with Crippen LogP contribution in [-0.4, -0.2) is 336 Å². The molecule has 0 aliphatic rings. The van der Waals surface area contributed by atoms with Gasteiger partial charge in [-0.25, -0.2) is 19.6 Å². The molecule has 2 aromatic heterocycles. The van der Waals surface area contributed by atoms with Gasteiger partial charge in [-0.2, -0.15) is 4.98 Å². The van der Waals surface area contributed by atoms with Gasteiger partial charge < -0.3 is 145 Å². The predicted octanol–water partition coefficient (Wildman–Crippen LogP) is -10.1. The van der Waals surface area contributed by atoms with Crippen molar-refractivity contribution in [1.29, 1.82) is 0 Å². The van der Waals surface area contributed by atoms with Crippen LogP contribution in [0.4, 0.5) is 11.6 Å². The summed E-state index contributed by atoms with van der Waals surface area (Å²) in [6, 6.07) is -2.01. The van der Waals surface area contributed by atoms with Crippen molar-refractivity contribution in [3.05, 3.63) is 52.1 Å². The van der Waals surface area contributed by atoms with Gasteiger partial charge in [-0.1, -0.05) is 14.4 Å². The zero-order valence-corrected chi connectivity index (χ0v) is 62.7. The first kappa shape index (κ1) is 103. The number of carbonyl (C=O) groups excluding carboxylic acids is 10. The number of Topliss-reactive ketones (excluding diaryl/α,β-unsaturated/α-hetero) is 3. The van der Waals surface area contributed by atoms with E-state index in [1.54, 1.807) is 0 Å². The molecule has 19 atom stereocenters.